The smallest absolute Gasteiger partial charge is 0.410 e. The number of piperidine rings is 1. The van der Waals surface area contributed by atoms with E-state index in [4.69, 9.17) is 9.29 Å². The Balaban J connectivity index is 1.94. The number of hydrogen-bond donors (Lipinski definition) is 4. The fourth-order valence-corrected chi connectivity index (χ4v) is 3.90. The second-order valence-electron chi connectivity index (χ2n) is 8.85. The highest BCUT2D eigenvalue weighted by molar-refractivity contribution is 7.87. The zero-order valence-corrected chi connectivity index (χ0v) is 20.1. The van der Waals surface area contributed by atoms with Gasteiger partial charge in [-0.3, -0.25) is 18.9 Å². The third-order valence-electron chi connectivity index (χ3n) is 5.12. The molecule has 184 valence electrons. The van der Waals surface area contributed by atoms with E-state index in [0.717, 1.165) is 0 Å². The first kappa shape index (κ1) is 26.4. The van der Waals surface area contributed by atoms with Crippen molar-refractivity contribution < 1.29 is 32.1 Å². The quantitative estimate of drug-likeness (QED) is 0.428. The minimum absolute atomic E-state index is 0.0514. The Morgan fingerprint density at radius 3 is 2.21 bits per heavy atom. The molecule has 3 amide bonds. The van der Waals surface area contributed by atoms with Gasteiger partial charge in [-0.1, -0.05) is 12.1 Å². The van der Waals surface area contributed by atoms with E-state index >= 15 is 0 Å². The topological polar surface area (TPSA) is 154 Å². The molecule has 1 heterocycles. The number of carbonyl (C=O) groups excluding carboxylic acids is 3. The number of anilines is 1. The van der Waals surface area contributed by atoms with E-state index in [2.05, 4.69) is 10.6 Å². The molecule has 11 nitrogen and oxygen atoms in total. The fraction of sp³-hybridized carbons (Fsp3) is 0.571. The number of rotatable bonds is 7. The summed E-state index contributed by atoms with van der Waals surface area (Å²) in [6.07, 6.45) is 0.588. The van der Waals surface area contributed by atoms with Crippen LogP contribution in [0.2, 0.25) is 0 Å². The molecule has 0 spiro atoms. The average Bonchev–Trinajstić information content (AvgIpc) is 2.72. The predicted octanol–water partition coefficient (Wildman–Crippen LogP) is 1.49. The number of benzene rings is 1. The third kappa shape index (κ3) is 8.54. The van der Waals surface area contributed by atoms with E-state index in [-0.39, 0.29) is 30.0 Å². The first-order chi connectivity index (χ1) is 15.3. The van der Waals surface area contributed by atoms with Gasteiger partial charge in [0.05, 0.1) is 11.6 Å². The molecular formula is C21H32N4O7S. The number of ether oxygens (including phenoxy) is 1. The van der Waals surface area contributed by atoms with Crippen LogP contribution in [0.5, 0.6) is 0 Å². The predicted molar refractivity (Wildman–Crippen MR) is 122 cm³/mol. The zero-order chi connectivity index (χ0) is 24.8. The molecule has 1 aromatic rings. The number of amides is 3. The van der Waals surface area contributed by atoms with Crippen LogP contribution in [0.1, 0.15) is 45.1 Å². The molecule has 0 aliphatic carbocycles. The van der Waals surface area contributed by atoms with E-state index < -0.39 is 27.9 Å². The number of nitrogens with one attached hydrogen (secondary N) is 3. The molecule has 1 fully saturated rings. The Kier molecular flexibility index (Phi) is 8.67. The summed E-state index contributed by atoms with van der Waals surface area (Å²) in [5.41, 5.74) is 0.119. The SMILES string of the molecule is CNC(=O)C(CNC(=O)C1CCN(C(=O)OC(C)(C)C)CC1)c1ccc(NS(=O)(=O)O)cc1. The van der Waals surface area contributed by atoms with E-state index in [0.29, 0.717) is 31.5 Å². The van der Waals surface area contributed by atoms with Crippen LogP contribution in [0.25, 0.3) is 0 Å². The molecule has 1 aliphatic rings. The lowest BCUT2D eigenvalue weighted by Crippen LogP contribution is -2.45. The summed E-state index contributed by atoms with van der Waals surface area (Å²) in [7, 11) is -2.92. The number of carbonyl (C=O) groups is 3. The fourth-order valence-electron chi connectivity index (χ4n) is 3.47. The highest BCUT2D eigenvalue weighted by Gasteiger charge is 2.30. The van der Waals surface area contributed by atoms with Crippen molar-refractivity contribution in [1.29, 1.82) is 0 Å². The largest absolute Gasteiger partial charge is 0.444 e. The van der Waals surface area contributed by atoms with E-state index in [1.54, 1.807) is 37.8 Å². The Bertz CT molecular complexity index is 950. The Hall–Kier alpha value is -2.86. The van der Waals surface area contributed by atoms with Crippen molar-refractivity contribution >= 4 is 33.9 Å². The number of likely N-dealkylation sites (N-methyl/N-ethyl adjacent to an activating group) is 1. The Morgan fingerprint density at radius 2 is 1.73 bits per heavy atom. The number of nitrogens with zero attached hydrogens (tertiary/aromatic N) is 1. The second-order valence-corrected chi connectivity index (χ2v) is 10.0. The lowest BCUT2D eigenvalue weighted by molar-refractivity contribution is -0.127. The van der Waals surface area contributed by atoms with Gasteiger partial charge in [-0.2, -0.15) is 8.42 Å². The first-order valence-corrected chi connectivity index (χ1v) is 12.1. The number of likely N-dealkylation sites (tertiary alicyclic amines) is 1. The van der Waals surface area contributed by atoms with Gasteiger partial charge in [-0.25, -0.2) is 4.79 Å². The molecule has 33 heavy (non-hydrogen) atoms. The monoisotopic (exact) mass is 484 g/mol. The van der Waals surface area contributed by atoms with Crippen LogP contribution in [0.4, 0.5) is 10.5 Å². The van der Waals surface area contributed by atoms with Crippen LogP contribution in [0.3, 0.4) is 0 Å². The minimum atomic E-state index is -4.40. The van der Waals surface area contributed by atoms with Gasteiger partial charge < -0.3 is 20.3 Å². The van der Waals surface area contributed by atoms with Crippen LogP contribution < -0.4 is 15.4 Å². The number of hydrogen-bond acceptors (Lipinski definition) is 6. The molecule has 12 heteroatoms. The maximum Gasteiger partial charge on any atom is 0.410 e. The lowest BCUT2D eigenvalue weighted by Gasteiger charge is -2.33. The van der Waals surface area contributed by atoms with Gasteiger partial charge in [-0.15, -0.1) is 0 Å². The van der Waals surface area contributed by atoms with E-state index in [1.165, 1.54) is 19.2 Å². The molecule has 1 aromatic carbocycles. The zero-order valence-electron chi connectivity index (χ0n) is 19.3. The van der Waals surface area contributed by atoms with Gasteiger partial charge in [-0.05, 0) is 51.3 Å². The summed E-state index contributed by atoms with van der Waals surface area (Å²) < 4.78 is 38.0. The summed E-state index contributed by atoms with van der Waals surface area (Å²) in [5.74, 6) is -1.49. The highest BCUT2D eigenvalue weighted by Crippen LogP contribution is 2.22. The molecule has 1 aliphatic heterocycles. The van der Waals surface area contributed by atoms with Crippen molar-refractivity contribution in [2.75, 3.05) is 31.4 Å². The van der Waals surface area contributed by atoms with Crippen LogP contribution in [-0.2, 0) is 24.6 Å². The molecule has 1 unspecified atom stereocenters. The molecule has 1 atom stereocenters. The molecule has 0 aromatic heterocycles. The Labute approximate surface area is 194 Å². The summed E-state index contributed by atoms with van der Waals surface area (Å²) in [4.78, 5) is 38.8. The maximum absolute atomic E-state index is 12.7. The van der Waals surface area contributed by atoms with Crippen LogP contribution in [0, 0.1) is 5.92 Å². The van der Waals surface area contributed by atoms with Gasteiger partial charge in [0.2, 0.25) is 11.8 Å². The second kappa shape index (κ2) is 10.8. The molecular weight excluding hydrogens is 452 g/mol. The van der Waals surface area contributed by atoms with Gasteiger partial charge in [0.15, 0.2) is 0 Å². The van der Waals surface area contributed by atoms with Gasteiger partial charge in [0.25, 0.3) is 0 Å². The van der Waals surface area contributed by atoms with Gasteiger partial charge in [0.1, 0.15) is 5.60 Å². The molecule has 4 N–H and O–H groups in total. The summed E-state index contributed by atoms with van der Waals surface area (Å²) >= 11 is 0. The maximum atomic E-state index is 12.7. The lowest BCUT2D eigenvalue weighted by atomic mass is 9.94. The summed E-state index contributed by atoms with van der Waals surface area (Å²) in [5, 5.41) is 5.37. The minimum Gasteiger partial charge on any atom is -0.444 e. The highest BCUT2D eigenvalue weighted by atomic mass is 32.2. The van der Waals surface area contributed by atoms with Crippen LogP contribution >= 0.6 is 0 Å². The summed E-state index contributed by atoms with van der Waals surface area (Å²) in [6, 6.07) is 5.90. The van der Waals surface area contributed by atoms with Crippen molar-refractivity contribution in [3.63, 3.8) is 0 Å². The third-order valence-corrected chi connectivity index (χ3v) is 5.61. The normalized spacial score (nSPS) is 16.0. The van der Waals surface area contributed by atoms with Crippen molar-refractivity contribution in [3.8, 4) is 0 Å². The standard InChI is InChI=1S/C21H32N4O7S/c1-21(2,3)32-20(28)25-11-9-15(10-12-25)18(26)23-13-17(19(27)22-4)14-5-7-16(8-6-14)24-33(29,30)31/h5-8,15,17,24H,9-13H2,1-4H3,(H,22,27)(H,23,26)(H,29,30,31). The van der Waals surface area contributed by atoms with Gasteiger partial charge >= 0.3 is 16.4 Å². The molecule has 0 saturated carbocycles. The average molecular weight is 485 g/mol. The van der Waals surface area contributed by atoms with E-state index in [9.17, 15) is 22.8 Å². The van der Waals surface area contributed by atoms with E-state index in [1.807, 2.05) is 4.72 Å². The first-order valence-electron chi connectivity index (χ1n) is 10.6. The van der Waals surface area contributed by atoms with Crippen molar-refractivity contribution in [3.05, 3.63) is 29.8 Å². The van der Waals surface area contributed by atoms with Crippen molar-refractivity contribution in [1.82, 2.24) is 15.5 Å². The van der Waals surface area contributed by atoms with Crippen molar-refractivity contribution in [2.45, 2.75) is 45.1 Å². The molecule has 1 saturated heterocycles. The summed E-state index contributed by atoms with van der Waals surface area (Å²) in [6.45, 7) is 6.27. The van der Waals surface area contributed by atoms with Crippen molar-refractivity contribution in [2.24, 2.45) is 5.92 Å². The van der Waals surface area contributed by atoms with Crippen LogP contribution in [-0.4, -0.2) is 68.1 Å². The van der Waals surface area contributed by atoms with Gasteiger partial charge in [0, 0.05) is 32.6 Å². The molecule has 0 radical (unpaired) electrons. The Morgan fingerprint density at radius 1 is 1.15 bits per heavy atom. The molecule has 0 bridgehead atoms. The molecule has 2 rings (SSSR count). The van der Waals surface area contributed by atoms with Crippen LogP contribution in [0.15, 0.2) is 24.3 Å².